The molecule has 1 aromatic carbocycles. The molecule has 0 aliphatic heterocycles. The first kappa shape index (κ1) is 8.72. The summed E-state index contributed by atoms with van der Waals surface area (Å²) >= 11 is 4.83. The number of carbonyl (C=O) groups is 1. The lowest BCUT2D eigenvalue weighted by Gasteiger charge is -1.92. The second kappa shape index (κ2) is 3.12. The first-order chi connectivity index (χ1) is 6.22. The van der Waals surface area contributed by atoms with Crippen LogP contribution >= 0.6 is 27.3 Å². The van der Waals surface area contributed by atoms with Crippen LogP contribution in [-0.2, 0) is 0 Å². The van der Waals surface area contributed by atoms with Crippen LogP contribution < -0.4 is 5.73 Å². The van der Waals surface area contributed by atoms with Gasteiger partial charge in [-0.15, -0.1) is 11.3 Å². The lowest BCUT2D eigenvalue weighted by molar-refractivity contribution is 0.112. The van der Waals surface area contributed by atoms with Gasteiger partial charge in [-0.3, -0.25) is 4.79 Å². The summed E-state index contributed by atoms with van der Waals surface area (Å²) in [5, 5.41) is 1.01. The van der Waals surface area contributed by atoms with Crippen LogP contribution in [0.3, 0.4) is 0 Å². The van der Waals surface area contributed by atoms with Crippen molar-refractivity contribution >= 4 is 49.3 Å². The highest BCUT2D eigenvalue weighted by atomic mass is 79.9. The second-order valence-electron chi connectivity index (χ2n) is 2.65. The van der Waals surface area contributed by atoms with E-state index in [0.717, 1.165) is 20.8 Å². The molecule has 0 unspecified atom stereocenters. The number of nitrogen functional groups attached to an aromatic ring is 1. The van der Waals surface area contributed by atoms with Gasteiger partial charge in [-0.2, -0.15) is 0 Å². The van der Waals surface area contributed by atoms with Gasteiger partial charge in [-0.25, -0.2) is 0 Å². The summed E-state index contributed by atoms with van der Waals surface area (Å²) < 4.78 is 1.91. The molecule has 2 nitrogen and oxygen atoms in total. The predicted molar refractivity (Wildman–Crippen MR) is 59.3 cm³/mol. The van der Waals surface area contributed by atoms with Crippen molar-refractivity contribution in [2.24, 2.45) is 0 Å². The quantitative estimate of drug-likeness (QED) is 0.629. The number of benzene rings is 1. The van der Waals surface area contributed by atoms with E-state index in [1.807, 2.05) is 18.2 Å². The predicted octanol–water partition coefficient (Wildman–Crippen LogP) is 3.06. The van der Waals surface area contributed by atoms with Crippen molar-refractivity contribution in [2.45, 2.75) is 0 Å². The van der Waals surface area contributed by atoms with Gasteiger partial charge in [0.15, 0.2) is 6.29 Å². The van der Waals surface area contributed by atoms with Crippen molar-refractivity contribution in [1.82, 2.24) is 0 Å². The summed E-state index contributed by atoms with van der Waals surface area (Å²) in [6.07, 6.45) is 0.852. The van der Waals surface area contributed by atoms with E-state index in [1.54, 1.807) is 0 Å². The summed E-state index contributed by atoms with van der Waals surface area (Å²) in [4.78, 5) is 11.3. The largest absolute Gasteiger partial charge is 0.399 e. The zero-order valence-electron chi connectivity index (χ0n) is 6.58. The molecule has 4 heteroatoms. The molecule has 0 amide bonds. The maximum absolute atomic E-state index is 10.6. The molecule has 0 fully saturated rings. The molecule has 0 saturated heterocycles. The molecule has 66 valence electrons. The number of nitrogens with two attached hydrogens (primary N) is 1. The summed E-state index contributed by atoms with van der Waals surface area (Å²) in [5.41, 5.74) is 6.35. The molecule has 2 N–H and O–H groups in total. The lowest BCUT2D eigenvalue weighted by atomic mass is 10.2. The maximum atomic E-state index is 10.6. The Morgan fingerprint density at radius 1 is 1.46 bits per heavy atom. The van der Waals surface area contributed by atoms with Crippen molar-refractivity contribution < 1.29 is 4.79 Å². The van der Waals surface area contributed by atoms with E-state index in [9.17, 15) is 4.79 Å². The minimum absolute atomic E-state index is 0.709. The van der Waals surface area contributed by atoms with E-state index in [4.69, 9.17) is 5.73 Å². The second-order valence-corrected chi connectivity index (χ2v) is 4.53. The number of halogens is 1. The molecule has 0 spiro atoms. The van der Waals surface area contributed by atoms with Gasteiger partial charge in [-0.1, -0.05) is 0 Å². The number of hydrogen-bond donors (Lipinski definition) is 1. The Balaban J connectivity index is 2.84. The molecule has 0 atom stereocenters. The Kier molecular flexibility index (Phi) is 2.09. The van der Waals surface area contributed by atoms with Crippen LogP contribution in [0.25, 0.3) is 10.1 Å². The van der Waals surface area contributed by atoms with Crippen LogP contribution in [0.1, 0.15) is 9.67 Å². The monoisotopic (exact) mass is 255 g/mol. The molecule has 0 radical (unpaired) electrons. The molecule has 1 heterocycles. The van der Waals surface area contributed by atoms with Gasteiger partial charge in [-0.05, 0) is 34.1 Å². The van der Waals surface area contributed by atoms with E-state index >= 15 is 0 Å². The van der Waals surface area contributed by atoms with Gasteiger partial charge in [0, 0.05) is 20.2 Å². The lowest BCUT2D eigenvalue weighted by Crippen LogP contribution is -1.81. The normalized spacial score (nSPS) is 10.5. The van der Waals surface area contributed by atoms with Gasteiger partial charge in [0.2, 0.25) is 0 Å². The highest BCUT2D eigenvalue weighted by Crippen LogP contribution is 2.35. The van der Waals surface area contributed by atoms with E-state index < -0.39 is 0 Å². The number of fused-ring (bicyclic) bond motifs is 1. The van der Waals surface area contributed by atoms with Gasteiger partial charge in [0.25, 0.3) is 0 Å². The average molecular weight is 256 g/mol. The van der Waals surface area contributed by atoms with Gasteiger partial charge in [0.05, 0.1) is 4.88 Å². The van der Waals surface area contributed by atoms with Gasteiger partial charge < -0.3 is 5.73 Å². The fourth-order valence-corrected chi connectivity index (χ4v) is 2.87. The highest BCUT2D eigenvalue weighted by molar-refractivity contribution is 9.10. The zero-order chi connectivity index (χ0) is 9.42. The summed E-state index contributed by atoms with van der Waals surface area (Å²) in [6.45, 7) is 0. The third-order valence-corrected chi connectivity index (χ3v) is 4.00. The van der Waals surface area contributed by atoms with Gasteiger partial charge >= 0.3 is 0 Å². The molecule has 13 heavy (non-hydrogen) atoms. The van der Waals surface area contributed by atoms with Crippen molar-refractivity contribution in [3.63, 3.8) is 0 Å². The fourth-order valence-electron chi connectivity index (χ4n) is 1.18. The van der Waals surface area contributed by atoms with Crippen molar-refractivity contribution in [3.05, 3.63) is 27.5 Å². The van der Waals surface area contributed by atoms with Crippen LogP contribution in [0.15, 0.2) is 22.7 Å². The number of hydrogen-bond acceptors (Lipinski definition) is 3. The van der Waals surface area contributed by atoms with Crippen LogP contribution in [0.5, 0.6) is 0 Å². The summed E-state index contributed by atoms with van der Waals surface area (Å²) in [5.74, 6) is 0. The van der Waals surface area contributed by atoms with E-state index in [-0.39, 0.29) is 0 Å². The fraction of sp³-hybridized carbons (Fsp3) is 0. The van der Waals surface area contributed by atoms with Crippen molar-refractivity contribution in [1.29, 1.82) is 0 Å². The van der Waals surface area contributed by atoms with Gasteiger partial charge in [0.1, 0.15) is 0 Å². The Morgan fingerprint density at radius 3 is 2.92 bits per heavy atom. The summed E-state index contributed by atoms with van der Waals surface area (Å²) in [6, 6.07) is 5.62. The summed E-state index contributed by atoms with van der Waals surface area (Å²) in [7, 11) is 0. The minimum Gasteiger partial charge on any atom is -0.399 e. The number of aldehydes is 1. The highest BCUT2D eigenvalue weighted by Gasteiger charge is 2.08. The molecule has 2 rings (SSSR count). The zero-order valence-corrected chi connectivity index (χ0v) is 8.98. The SMILES string of the molecule is Nc1ccc2sc(C=O)c(Br)c2c1. The number of rotatable bonds is 1. The van der Waals surface area contributed by atoms with E-state index in [0.29, 0.717) is 10.6 Å². The molecule has 0 bridgehead atoms. The van der Waals surface area contributed by atoms with Crippen LogP contribution in [0.4, 0.5) is 5.69 Å². The van der Waals surface area contributed by atoms with Crippen LogP contribution in [0.2, 0.25) is 0 Å². The minimum atomic E-state index is 0.709. The molecule has 0 saturated carbocycles. The molecule has 2 aromatic rings. The first-order valence-electron chi connectivity index (χ1n) is 3.65. The van der Waals surface area contributed by atoms with E-state index in [1.165, 1.54) is 11.3 Å². The van der Waals surface area contributed by atoms with Crippen LogP contribution in [0, 0.1) is 0 Å². The molecule has 1 aromatic heterocycles. The molecular formula is C9H6BrNOS. The third kappa shape index (κ3) is 1.36. The molecular weight excluding hydrogens is 250 g/mol. The Bertz CT molecular complexity index is 478. The van der Waals surface area contributed by atoms with Crippen molar-refractivity contribution in [3.8, 4) is 0 Å². The average Bonchev–Trinajstić information content (AvgIpc) is 2.44. The van der Waals surface area contributed by atoms with E-state index in [2.05, 4.69) is 15.9 Å². The van der Waals surface area contributed by atoms with Crippen molar-refractivity contribution in [2.75, 3.05) is 5.73 Å². The third-order valence-electron chi connectivity index (χ3n) is 1.78. The Morgan fingerprint density at radius 2 is 2.23 bits per heavy atom. The Labute approximate surface area is 87.5 Å². The van der Waals surface area contributed by atoms with Crippen LogP contribution in [-0.4, -0.2) is 6.29 Å². The number of thiophene rings is 1. The molecule has 0 aliphatic rings. The number of carbonyl (C=O) groups excluding carboxylic acids is 1. The number of anilines is 1. The standard InChI is InChI=1S/C9H6BrNOS/c10-9-6-3-5(11)1-2-7(6)13-8(9)4-12/h1-4H,11H2. The first-order valence-corrected chi connectivity index (χ1v) is 5.26. The smallest absolute Gasteiger partial charge is 0.161 e. The Hall–Kier alpha value is -0.870. The molecule has 0 aliphatic carbocycles. The topological polar surface area (TPSA) is 43.1 Å². The maximum Gasteiger partial charge on any atom is 0.161 e.